The number of likely N-dealkylation sites (N-methyl/N-ethyl adjacent to an activating group) is 1. The van der Waals surface area contributed by atoms with Crippen LogP contribution in [0.5, 0.6) is 0 Å². The van der Waals surface area contributed by atoms with Crippen LogP contribution in [0.25, 0.3) is 11.5 Å². The summed E-state index contributed by atoms with van der Waals surface area (Å²) in [6, 6.07) is -0.263. The van der Waals surface area contributed by atoms with Crippen molar-refractivity contribution in [1.29, 1.82) is 0 Å². The highest BCUT2D eigenvalue weighted by molar-refractivity contribution is 5.61. The Morgan fingerprint density at radius 3 is 2.42 bits per heavy atom. The molecule has 0 aromatic carbocycles. The van der Waals surface area contributed by atoms with Gasteiger partial charge in [-0.25, -0.2) is 0 Å². The molecule has 2 heterocycles. The second-order valence-corrected chi connectivity index (χ2v) is 5.04. The van der Waals surface area contributed by atoms with Crippen molar-refractivity contribution in [1.82, 2.24) is 15.0 Å². The molecule has 2 N–H and O–H groups in total. The van der Waals surface area contributed by atoms with Crippen LogP contribution >= 0.6 is 0 Å². The first-order valence-electron chi connectivity index (χ1n) is 6.21. The lowest BCUT2D eigenvalue weighted by Crippen LogP contribution is -2.26. The highest BCUT2D eigenvalue weighted by Crippen LogP contribution is 2.30. The lowest BCUT2D eigenvalue weighted by Gasteiger charge is -2.12. The van der Waals surface area contributed by atoms with Gasteiger partial charge in [0.1, 0.15) is 11.5 Å². The molecule has 1 atom stereocenters. The number of furan rings is 1. The minimum atomic E-state index is -0.263. The molecule has 1 unspecified atom stereocenters. The van der Waals surface area contributed by atoms with Crippen LogP contribution in [0.3, 0.4) is 0 Å². The van der Waals surface area contributed by atoms with Gasteiger partial charge in [-0.1, -0.05) is 5.16 Å². The average Bonchev–Trinajstić information content (AvgIpc) is 2.85. The number of rotatable bonds is 4. The Labute approximate surface area is 112 Å². The minimum Gasteiger partial charge on any atom is -0.466 e. The van der Waals surface area contributed by atoms with E-state index in [4.69, 9.17) is 14.7 Å². The van der Waals surface area contributed by atoms with E-state index in [9.17, 15) is 0 Å². The first-order chi connectivity index (χ1) is 8.90. The molecule has 0 aliphatic carbocycles. The molecule has 2 aromatic rings. The van der Waals surface area contributed by atoms with Gasteiger partial charge in [-0.05, 0) is 34.9 Å². The van der Waals surface area contributed by atoms with E-state index in [0.29, 0.717) is 18.3 Å². The van der Waals surface area contributed by atoms with E-state index in [1.165, 1.54) is 0 Å². The molecule has 2 rings (SSSR count). The molecule has 6 heteroatoms. The molecular weight excluding hydrogens is 244 g/mol. The first-order valence-corrected chi connectivity index (χ1v) is 6.21. The number of hydrogen-bond donors (Lipinski definition) is 1. The third kappa shape index (κ3) is 2.69. The number of aryl methyl sites for hydroxylation is 2. The van der Waals surface area contributed by atoms with Gasteiger partial charge in [0.15, 0.2) is 5.82 Å². The predicted molar refractivity (Wildman–Crippen MR) is 71.7 cm³/mol. The Morgan fingerprint density at radius 1 is 1.21 bits per heavy atom. The van der Waals surface area contributed by atoms with Gasteiger partial charge in [-0.2, -0.15) is 4.98 Å². The van der Waals surface area contributed by atoms with E-state index in [1.54, 1.807) is 0 Å². The van der Waals surface area contributed by atoms with Crippen LogP contribution in [0.15, 0.2) is 8.94 Å². The zero-order valence-electron chi connectivity index (χ0n) is 12.0. The molecule has 0 aliphatic heterocycles. The van der Waals surface area contributed by atoms with Gasteiger partial charge in [0, 0.05) is 12.1 Å². The summed E-state index contributed by atoms with van der Waals surface area (Å²) < 4.78 is 10.9. The summed E-state index contributed by atoms with van der Waals surface area (Å²) >= 11 is 0. The zero-order valence-corrected chi connectivity index (χ0v) is 12.0. The molecule has 0 amide bonds. The van der Waals surface area contributed by atoms with E-state index >= 15 is 0 Å². The van der Waals surface area contributed by atoms with Crippen LogP contribution in [0.1, 0.15) is 29.0 Å². The van der Waals surface area contributed by atoms with Crippen LogP contribution < -0.4 is 5.73 Å². The van der Waals surface area contributed by atoms with Gasteiger partial charge in [-0.15, -0.1) is 0 Å². The van der Waals surface area contributed by atoms with Crippen molar-refractivity contribution in [2.75, 3.05) is 20.6 Å². The second-order valence-electron chi connectivity index (χ2n) is 5.04. The van der Waals surface area contributed by atoms with Crippen molar-refractivity contribution in [3.05, 3.63) is 22.9 Å². The third-order valence-electron chi connectivity index (χ3n) is 3.11. The molecule has 0 radical (unpaired) electrons. The average molecular weight is 264 g/mol. The standard InChI is InChI=1S/C13H20N4O2/c1-7-8(2)18-9(3)11(7)13-15-12(16-19-13)10(14)6-17(4)5/h10H,6,14H2,1-5H3. The Morgan fingerprint density at radius 2 is 1.89 bits per heavy atom. The van der Waals surface area contributed by atoms with Gasteiger partial charge in [0.05, 0.1) is 11.6 Å². The molecule has 104 valence electrons. The maximum atomic E-state index is 6.02. The zero-order chi connectivity index (χ0) is 14.2. The fourth-order valence-electron chi connectivity index (χ4n) is 2.07. The molecule has 2 aromatic heterocycles. The van der Waals surface area contributed by atoms with Crippen molar-refractivity contribution in [2.45, 2.75) is 26.8 Å². The number of nitrogens with two attached hydrogens (primary N) is 1. The number of hydrogen-bond acceptors (Lipinski definition) is 6. The Bertz CT molecular complexity index is 571. The maximum Gasteiger partial charge on any atom is 0.261 e. The maximum absolute atomic E-state index is 6.02. The van der Waals surface area contributed by atoms with E-state index in [0.717, 1.165) is 22.6 Å². The van der Waals surface area contributed by atoms with Crippen LogP contribution in [0, 0.1) is 20.8 Å². The second kappa shape index (κ2) is 5.14. The summed E-state index contributed by atoms with van der Waals surface area (Å²) in [5.41, 5.74) is 7.91. The SMILES string of the molecule is Cc1oc(C)c(-c2nc(C(N)CN(C)C)no2)c1C. The normalized spacial score (nSPS) is 13.2. The topological polar surface area (TPSA) is 81.3 Å². The van der Waals surface area contributed by atoms with Gasteiger partial charge in [-0.3, -0.25) is 0 Å². The molecule has 0 saturated carbocycles. The van der Waals surface area contributed by atoms with Crippen LogP contribution in [-0.2, 0) is 0 Å². The van der Waals surface area contributed by atoms with E-state index in [2.05, 4.69) is 10.1 Å². The van der Waals surface area contributed by atoms with Crippen molar-refractivity contribution < 1.29 is 8.94 Å². The number of aromatic nitrogens is 2. The van der Waals surface area contributed by atoms with Crippen LogP contribution in [-0.4, -0.2) is 35.7 Å². The fraction of sp³-hybridized carbons (Fsp3) is 0.538. The Kier molecular flexibility index (Phi) is 3.73. The van der Waals surface area contributed by atoms with Crippen LogP contribution in [0.2, 0.25) is 0 Å². The summed E-state index contributed by atoms with van der Waals surface area (Å²) in [6.45, 7) is 6.45. The molecule has 0 saturated heterocycles. The molecule has 19 heavy (non-hydrogen) atoms. The molecule has 0 aliphatic rings. The van der Waals surface area contributed by atoms with E-state index < -0.39 is 0 Å². The van der Waals surface area contributed by atoms with Crippen molar-refractivity contribution in [3.63, 3.8) is 0 Å². The summed E-state index contributed by atoms with van der Waals surface area (Å²) in [7, 11) is 3.91. The highest BCUT2D eigenvalue weighted by atomic mass is 16.5. The summed E-state index contributed by atoms with van der Waals surface area (Å²) in [5.74, 6) is 2.63. The smallest absolute Gasteiger partial charge is 0.261 e. The summed E-state index contributed by atoms with van der Waals surface area (Å²) in [4.78, 5) is 6.36. The highest BCUT2D eigenvalue weighted by Gasteiger charge is 2.21. The first kappa shape index (κ1) is 13.8. The van der Waals surface area contributed by atoms with Crippen molar-refractivity contribution >= 4 is 0 Å². The third-order valence-corrected chi connectivity index (χ3v) is 3.11. The lowest BCUT2D eigenvalue weighted by molar-refractivity contribution is 0.357. The van der Waals surface area contributed by atoms with Crippen molar-refractivity contribution in [3.8, 4) is 11.5 Å². The number of nitrogens with zero attached hydrogens (tertiary/aromatic N) is 3. The molecule has 6 nitrogen and oxygen atoms in total. The Hall–Kier alpha value is -1.66. The van der Waals surface area contributed by atoms with Crippen LogP contribution in [0.4, 0.5) is 0 Å². The van der Waals surface area contributed by atoms with Gasteiger partial charge < -0.3 is 19.6 Å². The minimum absolute atomic E-state index is 0.263. The van der Waals surface area contributed by atoms with Crippen molar-refractivity contribution in [2.24, 2.45) is 5.73 Å². The Balaban J connectivity index is 2.30. The van der Waals surface area contributed by atoms with Gasteiger partial charge >= 0.3 is 0 Å². The fourth-order valence-corrected chi connectivity index (χ4v) is 2.07. The molecular formula is C13H20N4O2. The van der Waals surface area contributed by atoms with E-state index in [1.807, 2.05) is 39.8 Å². The molecule has 0 fully saturated rings. The van der Waals surface area contributed by atoms with Gasteiger partial charge in [0.2, 0.25) is 0 Å². The lowest BCUT2D eigenvalue weighted by atomic mass is 10.1. The predicted octanol–water partition coefficient (Wildman–Crippen LogP) is 1.82. The van der Waals surface area contributed by atoms with Gasteiger partial charge in [0.25, 0.3) is 5.89 Å². The van der Waals surface area contributed by atoms with E-state index in [-0.39, 0.29) is 6.04 Å². The summed E-state index contributed by atoms with van der Waals surface area (Å²) in [5, 5.41) is 3.96. The molecule has 0 bridgehead atoms. The summed E-state index contributed by atoms with van der Waals surface area (Å²) in [6.07, 6.45) is 0. The molecule has 0 spiro atoms. The monoisotopic (exact) mass is 264 g/mol. The largest absolute Gasteiger partial charge is 0.466 e. The quantitative estimate of drug-likeness (QED) is 0.907.